The van der Waals surface area contributed by atoms with Crippen molar-refractivity contribution < 1.29 is 4.79 Å². The predicted molar refractivity (Wildman–Crippen MR) is 96.2 cm³/mol. The van der Waals surface area contributed by atoms with Gasteiger partial charge in [0.2, 0.25) is 5.91 Å². The second kappa shape index (κ2) is 6.45. The molecular formula is C17H14N6OS. The number of benzene rings is 1. The Balaban J connectivity index is 1.54. The Morgan fingerprint density at radius 3 is 3.00 bits per heavy atom. The van der Waals surface area contributed by atoms with Crippen LogP contribution in [0.3, 0.4) is 0 Å². The molecule has 0 atom stereocenters. The Morgan fingerprint density at radius 1 is 1.36 bits per heavy atom. The average molecular weight is 350 g/mol. The van der Waals surface area contributed by atoms with Crippen LogP contribution in [0.15, 0.2) is 52.6 Å². The van der Waals surface area contributed by atoms with Crippen LogP contribution in [0.1, 0.15) is 12.0 Å². The van der Waals surface area contributed by atoms with Crippen molar-refractivity contribution in [1.29, 1.82) is 5.26 Å². The van der Waals surface area contributed by atoms with Crippen LogP contribution >= 0.6 is 11.8 Å². The Morgan fingerprint density at radius 2 is 2.20 bits per heavy atom. The van der Waals surface area contributed by atoms with Gasteiger partial charge in [-0.25, -0.2) is 4.68 Å². The molecule has 8 heteroatoms. The minimum Gasteiger partial charge on any atom is -0.322 e. The summed E-state index contributed by atoms with van der Waals surface area (Å²) in [6, 6.07) is 11.5. The maximum Gasteiger partial charge on any atom is 0.231 e. The Bertz CT molecular complexity index is 924. The number of nitrogens with one attached hydrogen (secondary N) is 1. The number of rotatable bonds is 4. The first-order valence-corrected chi connectivity index (χ1v) is 8.65. The fourth-order valence-corrected chi connectivity index (χ4v) is 3.73. The van der Waals surface area contributed by atoms with Gasteiger partial charge in [-0.2, -0.15) is 10.4 Å². The standard InChI is InChI=1S/C17H14N6OS/c18-9-12-10-20-23(13-4-2-1-3-5-13)16(12)21-15(24)8-14-11-25-17-19-6-7-22(14)17/h1-5,10-11H,6-8H2,(H,21,24). The summed E-state index contributed by atoms with van der Waals surface area (Å²) in [7, 11) is 0. The first-order chi connectivity index (χ1) is 12.3. The first-order valence-electron chi connectivity index (χ1n) is 7.77. The quantitative estimate of drug-likeness (QED) is 0.914. The molecule has 7 nitrogen and oxygen atoms in total. The van der Waals surface area contributed by atoms with Crippen LogP contribution in [0.2, 0.25) is 0 Å². The number of nitriles is 1. The highest BCUT2D eigenvalue weighted by Gasteiger charge is 2.27. The molecule has 3 heterocycles. The number of amides is 1. The SMILES string of the molecule is N#Cc1cnn(-c2ccccc2)c1NC(=O)CC1=CSC2=NCCN12. The van der Waals surface area contributed by atoms with Crippen LogP contribution in [0.5, 0.6) is 0 Å². The summed E-state index contributed by atoms with van der Waals surface area (Å²) < 4.78 is 1.57. The highest BCUT2D eigenvalue weighted by atomic mass is 32.2. The molecule has 0 spiro atoms. The highest BCUT2D eigenvalue weighted by Crippen LogP contribution is 2.31. The molecule has 1 N–H and O–H groups in total. The number of anilines is 1. The van der Waals surface area contributed by atoms with E-state index in [-0.39, 0.29) is 12.3 Å². The van der Waals surface area contributed by atoms with E-state index in [4.69, 9.17) is 0 Å². The number of aliphatic imine (C=N–C) groups is 1. The van der Waals surface area contributed by atoms with Crippen molar-refractivity contribution in [3.05, 3.63) is 53.2 Å². The Hall–Kier alpha value is -3.05. The molecular weight excluding hydrogens is 336 g/mol. The van der Waals surface area contributed by atoms with E-state index in [2.05, 4.69) is 26.4 Å². The smallest absolute Gasteiger partial charge is 0.231 e. The van der Waals surface area contributed by atoms with E-state index in [0.717, 1.165) is 29.6 Å². The van der Waals surface area contributed by atoms with Crippen LogP contribution in [0.25, 0.3) is 5.69 Å². The molecule has 0 bridgehead atoms. The summed E-state index contributed by atoms with van der Waals surface area (Å²) in [6.45, 7) is 1.58. The van der Waals surface area contributed by atoms with Crippen molar-refractivity contribution in [3.8, 4) is 11.8 Å². The van der Waals surface area contributed by atoms with Gasteiger partial charge in [0.1, 0.15) is 11.6 Å². The zero-order valence-electron chi connectivity index (χ0n) is 13.2. The molecule has 124 valence electrons. The summed E-state index contributed by atoms with van der Waals surface area (Å²) in [5, 5.41) is 19.3. The molecule has 0 aliphatic carbocycles. The molecule has 25 heavy (non-hydrogen) atoms. The van der Waals surface area contributed by atoms with Gasteiger partial charge in [-0.15, -0.1) is 0 Å². The van der Waals surface area contributed by atoms with Crippen LogP contribution in [0.4, 0.5) is 5.82 Å². The first kappa shape index (κ1) is 15.5. The lowest BCUT2D eigenvalue weighted by Gasteiger charge is -2.16. The van der Waals surface area contributed by atoms with Crippen LogP contribution < -0.4 is 5.32 Å². The van der Waals surface area contributed by atoms with Gasteiger partial charge in [0.15, 0.2) is 11.0 Å². The lowest BCUT2D eigenvalue weighted by atomic mass is 10.2. The number of carbonyl (C=O) groups is 1. The van der Waals surface area contributed by atoms with Crippen LogP contribution in [0, 0.1) is 11.3 Å². The second-order valence-electron chi connectivity index (χ2n) is 5.53. The lowest BCUT2D eigenvalue weighted by Crippen LogP contribution is -2.25. The second-order valence-corrected chi connectivity index (χ2v) is 6.37. The average Bonchev–Trinajstić information content (AvgIpc) is 3.33. The monoisotopic (exact) mass is 350 g/mol. The zero-order valence-corrected chi connectivity index (χ0v) is 14.0. The molecule has 2 aliphatic rings. The number of amidine groups is 1. The Kier molecular flexibility index (Phi) is 3.99. The van der Waals surface area contributed by atoms with E-state index in [1.807, 2.05) is 35.7 Å². The largest absolute Gasteiger partial charge is 0.322 e. The number of nitrogens with zero attached hydrogens (tertiary/aromatic N) is 5. The summed E-state index contributed by atoms with van der Waals surface area (Å²) >= 11 is 1.54. The van der Waals surface area contributed by atoms with E-state index in [0.29, 0.717) is 11.4 Å². The van der Waals surface area contributed by atoms with Gasteiger partial charge in [0, 0.05) is 12.2 Å². The fraction of sp³-hybridized carbons (Fsp3) is 0.176. The topological polar surface area (TPSA) is 86.3 Å². The number of thioether (sulfide) groups is 1. The predicted octanol–water partition coefficient (Wildman–Crippen LogP) is 2.33. The highest BCUT2D eigenvalue weighted by molar-refractivity contribution is 8.16. The minimum absolute atomic E-state index is 0.186. The van der Waals surface area contributed by atoms with E-state index in [1.165, 1.54) is 6.20 Å². The normalized spacial score (nSPS) is 15.4. The fourth-order valence-electron chi connectivity index (χ4n) is 2.77. The molecule has 4 rings (SSSR count). The number of hydrogen-bond donors (Lipinski definition) is 1. The maximum absolute atomic E-state index is 12.5. The summed E-state index contributed by atoms with van der Waals surface area (Å²) in [4.78, 5) is 19.0. The third kappa shape index (κ3) is 2.90. The van der Waals surface area contributed by atoms with Gasteiger partial charge in [-0.05, 0) is 17.5 Å². The van der Waals surface area contributed by atoms with E-state index >= 15 is 0 Å². The number of carbonyl (C=O) groups excluding carboxylic acids is 1. The summed E-state index contributed by atoms with van der Waals surface area (Å²) in [5.74, 6) is 0.203. The molecule has 0 unspecified atom stereocenters. The molecule has 1 amide bonds. The molecule has 0 radical (unpaired) electrons. The van der Waals surface area contributed by atoms with E-state index in [1.54, 1.807) is 16.4 Å². The minimum atomic E-state index is -0.186. The lowest BCUT2D eigenvalue weighted by molar-refractivity contribution is -0.115. The van der Waals surface area contributed by atoms with Crippen molar-refractivity contribution >= 4 is 28.7 Å². The molecule has 2 aromatic rings. The van der Waals surface area contributed by atoms with Crippen molar-refractivity contribution in [3.63, 3.8) is 0 Å². The molecule has 1 aromatic heterocycles. The van der Waals surface area contributed by atoms with E-state index < -0.39 is 0 Å². The van der Waals surface area contributed by atoms with Crippen LogP contribution in [-0.2, 0) is 4.79 Å². The third-order valence-corrected chi connectivity index (χ3v) is 4.89. The van der Waals surface area contributed by atoms with Gasteiger partial charge >= 0.3 is 0 Å². The van der Waals surface area contributed by atoms with E-state index in [9.17, 15) is 10.1 Å². The number of para-hydroxylation sites is 1. The van der Waals surface area contributed by atoms with Gasteiger partial charge in [0.05, 0.1) is 24.8 Å². The van der Waals surface area contributed by atoms with Crippen molar-refractivity contribution in [2.24, 2.45) is 4.99 Å². The summed E-state index contributed by atoms with van der Waals surface area (Å²) in [5.41, 5.74) is 2.04. The zero-order chi connectivity index (χ0) is 17.2. The number of aromatic nitrogens is 2. The van der Waals surface area contributed by atoms with Crippen molar-refractivity contribution in [1.82, 2.24) is 14.7 Å². The van der Waals surface area contributed by atoms with Crippen LogP contribution in [-0.4, -0.2) is 38.8 Å². The van der Waals surface area contributed by atoms with Gasteiger partial charge in [-0.1, -0.05) is 30.0 Å². The summed E-state index contributed by atoms with van der Waals surface area (Å²) in [6.07, 6.45) is 1.69. The van der Waals surface area contributed by atoms with Gasteiger partial charge < -0.3 is 10.2 Å². The maximum atomic E-state index is 12.5. The number of hydrogen-bond acceptors (Lipinski definition) is 6. The number of fused-ring (bicyclic) bond motifs is 1. The molecule has 0 saturated heterocycles. The van der Waals surface area contributed by atoms with Gasteiger partial charge in [0.25, 0.3) is 0 Å². The van der Waals surface area contributed by atoms with Crippen molar-refractivity contribution in [2.75, 3.05) is 18.4 Å². The molecule has 0 fully saturated rings. The molecule has 1 aromatic carbocycles. The van der Waals surface area contributed by atoms with Gasteiger partial charge in [-0.3, -0.25) is 9.79 Å². The Labute approximate surface area is 148 Å². The molecule has 0 saturated carbocycles. The third-order valence-electron chi connectivity index (χ3n) is 3.94. The van der Waals surface area contributed by atoms with Crippen molar-refractivity contribution in [2.45, 2.75) is 6.42 Å². The molecule has 2 aliphatic heterocycles.